The first-order chi connectivity index (χ1) is 6.55. The number of carbonyl (C=O) groups is 1. The summed E-state index contributed by atoms with van der Waals surface area (Å²) in [6.45, 7) is 8.27. The topological polar surface area (TPSA) is 17.1 Å². The van der Waals surface area contributed by atoms with Gasteiger partial charge in [0, 0.05) is 5.41 Å². The third kappa shape index (κ3) is 1.25. The van der Waals surface area contributed by atoms with Crippen molar-refractivity contribution in [3.05, 3.63) is 12.2 Å². The summed E-state index contributed by atoms with van der Waals surface area (Å²) in [5, 5.41) is 0. The molecular weight excluding hydrogens is 172 g/mol. The Balaban J connectivity index is 2.30. The van der Waals surface area contributed by atoms with Gasteiger partial charge in [-0.3, -0.25) is 4.79 Å². The van der Waals surface area contributed by atoms with Crippen molar-refractivity contribution in [3.63, 3.8) is 0 Å². The van der Waals surface area contributed by atoms with E-state index in [-0.39, 0.29) is 5.41 Å². The fraction of sp³-hybridized carbons (Fsp3) is 0.769. The molecule has 0 aromatic heterocycles. The van der Waals surface area contributed by atoms with Gasteiger partial charge >= 0.3 is 0 Å². The minimum absolute atomic E-state index is 0.0537. The third-order valence-corrected chi connectivity index (χ3v) is 4.44. The molecule has 2 rings (SSSR count). The van der Waals surface area contributed by atoms with E-state index in [9.17, 15) is 4.79 Å². The maximum Gasteiger partial charge on any atom is 0.164 e. The molecule has 0 aliphatic heterocycles. The van der Waals surface area contributed by atoms with E-state index in [1.165, 1.54) is 25.7 Å². The SMILES string of the molecule is C=C1C(=O)C2(C)CCCCC2CC1C. The van der Waals surface area contributed by atoms with E-state index in [1.54, 1.807) is 0 Å². The van der Waals surface area contributed by atoms with Gasteiger partial charge in [-0.25, -0.2) is 0 Å². The van der Waals surface area contributed by atoms with Gasteiger partial charge in [-0.1, -0.05) is 33.3 Å². The van der Waals surface area contributed by atoms with E-state index in [2.05, 4.69) is 20.4 Å². The highest BCUT2D eigenvalue weighted by molar-refractivity contribution is 6.00. The van der Waals surface area contributed by atoms with Crippen LogP contribution in [0.1, 0.15) is 46.0 Å². The summed E-state index contributed by atoms with van der Waals surface area (Å²) in [6, 6.07) is 0. The number of carbonyl (C=O) groups excluding carboxylic acids is 1. The van der Waals surface area contributed by atoms with Crippen molar-refractivity contribution in [1.82, 2.24) is 0 Å². The molecule has 0 heterocycles. The minimum atomic E-state index is -0.0537. The van der Waals surface area contributed by atoms with Gasteiger partial charge in [-0.15, -0.1) is 0 Å². The molecule has 2 fully saturated rings. The van der Waals surface area contributed by atoms with E-state index >= 15 is 0 Å². The molecule has 0 spiro atoms. The summed E-state index contributed by atoms with van der Waals surface area (Å²) in [5.74, 6) is 1.41. The van der Waals surface area contributed by atoms with Gasteiger partial charge in [0.25, 0.3) is 0 Å². The first-order valence-corrected chi connectivity index (χ1v) is 5.79. The molecule has 3 unspecified atom stereocenters. The van der Waals surface area contributed by atoms with Gasteiger partial charge in [-0.05, 0) is 36.7 Å². The molecule has 2 aliphatic carbocycles. The van der Waals surface area contributed by atoms with Crippen LogP contribution in [0.3, 0.4) is 0 Å². The van der Waals surface area contributed by atoms with E-state index in [1.807, 2.05) is 0 Å². The Morgan fingerprint density at radius 1 is 1.43 bits per heavy atom. The Hall–Kier alpha value is -0.590. The fourth-order valence-corrected chi connectivity index (χ4v) is 3.24. The second-order valence-corrected chi connectivity index (χ2v) is 5.35. The smallest absolute Gasteiger partial charge is 0.164 e. The Morgan fingerprint density at radius 3 is 2.86 bits per heavy atom. The Bertz CT molecular complexity index is 279. The Morgan fingerprint density at radius 2 is 2.14 bits per heavy atom. The summed E-state index contributed by atoms with van der Waals surface area (Å²) in [5.41, 5.74) is 0.827. The highest BCUT2D eigenvalue weighted by Gasteiger charge is 2.47. The summed E-state index contributed by atoms with van der Waals surface area (Å²) in [4.78, 5) is 12.2. The summed E-state index contributed by atoms with van der Waals surface area (Å²) < 4.78 is 0. The molecule has 0 aromatic rings. The fourth-order valence-electron chi connectivity index (χ4n) is 3.24. The molecule has 0 N–H and O–H groups in total. The van der Waals surface area contributed by atoms with Crippen molar-refractivity contribution < 1.29 is 4.79 Å². The predicted octanol–water partition coefficient (Wildman–Crippen LogP) is 3.35. The highest BCUT2D eigenvalue weighted by atomic mass is 16.1. The van der Waals surface area contributed by atoms with Crippen LogP contribution < -0.4 is 0 Å². The lowest BCUT2D eigenvalue weighted by Crippen LogP contribution is -2.44. The van der Waals surface area contributed by atoms with Crippen LogP contribution in [-0.4, -0.2) is 5.78 Å². The maximum atomic E-state index is 12.2. The van der Waals surface area contributed by atoms with Gasteiger partial charge in [0.1, 0.15) is 0 Å². The number of allylic oxidation sites excluding steroid dienone is 1. The number of hydrogen-bond acceptors (Lipinski definition) is 1. The number of fused-ring (bicyclic) bond motifs is 1. The summed E-state index contributed by atoms with van der Waals surface area (Å²) >= 11 is 0. The van der Waals surface area contributed by atoms with Crippen LogP contribution in [0.25, 0.3) is 0 Å². The lowest BCUT2D eigenvalue weighted by Gasteiger charge is -2.46. The summed E-state index contributed by atoms with van der Waals surface area (Å²) in [7, 11) is 0. The molecule has 2 saturated carbocycles. The van der Waals surface area contributed by atoms with Crippen molar-refractivity contribution in [1.29, 1.82) is 0 Å². The number of ketones is 1. The lowest BCUT2D eigenvalue weighted by molar-refractivity contribution is -0.132. The zero-order valence-corrected chi connectivity index (χ0v) is 9.31. The van der Waals surface area contributed by atoms with E-state index < -0.39 is 0 Å². The average Bonchev–Trinajstić information content (AvgIpc) is 2.17. The number of Topliss-reactive ketones (excluding diaryl/α,β-unsaturated/α-hetero) is 1. The largest absolute Gasteiger partial charge is 0.294 e. The predicted molar refractivity (Wildman–Crippen MR) is 58.0 cm³/mol. The highest BCUT2D eigenvalue weighted by Crippen LogP contribution is 2.50. The maximum absolute atomic E-state index is 12.2. The van der Waals surface area contributed by atoms with Crippen molar-refractivity contribution >= 4 is 5.78 Å². The van der Waals surface area contributed by atoms with E-state index in [0.717, 1.165) is 12.0 Å². The van der Waals surface area contributed by atoms with Crippen molar-refractivity contribution in [3.8, 4) is 0 Å². The van der Waals surface area contributed by atoms with Gasteiger partial charge in [0.05, 0.1) is 0 Å². The molecule has 0 saturated heterocycles. The molecule has 0 amide bonds. The van der Waals surface area contributed by atoms with E-state index in [0.29, 0.717) is 17.6 Å². The zero-order valence-electron chi connectivity index (χ0n) is 9.31. The monoisotopic (exact) mass is 192 g/mol. The average molecular weight is 192 g/mol. The molecule has 3 atom stereocenters. The molecular formula is C13H20O. The standard InChI is InChI=1S/C13H20O/c1-9-8-11-6-4-5-7-13(11,3)12(14)10(9)2/h9,11H,2,4-8H2,1,3H3. The van der Waals surface area contributed by atoms with Gasteiger partial charge in [0.15, 0.2) is 5.78 Å². The van der Waals surface area contributed by atoms with Crippen LogP contribution in [0.15, 0.2) is 12.2 Å². The van der Waals surface area contributed by atoms with Crippen LogP contribution >= 0.6 is 0 Å². The van der Waals surface area contributed by atoms with Gasteiger partial charge in [-0.2, -0.15) is 0 Å². The second-order valence-electron chi connectivity index (χ2n) is 5.35. The first-order valence-electron chi connectivity index (χ1n) is 5.79. The molecule has 2 aliphatic rings. The van der Waals surface area contributed by atoms with E-state index in [4.69, 9.17) is 0 Å². The Labute approximate surface area is 86.6 Å². The molecule has 1 heteroatoms. The normalized spacial score (nSPS) is 43.6. The van der Waals surface area contributed by atoms with Crippen LogP contribution in [0, 0.1) is 17.3 Å². The molecule has 0 aromatic carbocycles. The second kappa shape index (κ2) is 3.22. The number of rotatable bonds is 0. The van der Waals surface area contributed by atoms with Crippen LogP contribution in [-0.2, 0) is 4.79 Å². The van der Waals surface area contributed by atoms with Crippen molar-refractivity contribution in [2.75, 3.05) is 0 Å². The van der Waals surface area contributed by atoms with Crippen molar-refractivity contribution in [2.24, 2.45) is 17.3 Å². The quantitative estimate of drug-likeness (QED) is 0.538. The third-order valence-electron chi connectivity index (χ3n) is 4.44. The van der Waals surface area contributed by atoms with Crippen LogP contribution in [0.2, 0.25) is 0 Å². The molecule has 14 heavy (non-hydrogen) atoms. The Kier molecular flexibility index (Phi) is 2.29. The molecule has 0 bridgehead atoms. The van der Waals surface area contributed by atoms with Crippen molar-refractivity contribution in [2.45, 2.75) is 46.0 Å². The first kappa shape index (κ1) is 9.95. The summed E-state index contributed by atoms with van der Waals surface area (Å²) in [6.07, 6.45) is 6.05. The molecule has 78 valence electrons. The van der Waals surface area contributed by atoms with Gasteiger partial charge < -0.3 is 0 Å². The zero-order chi connectivity index (χ0) is 10.3. The van der Waals surface area contributed by atoms with Crippen LogP contribution in [0.5, 0.6) is 0 Å². The molecule has 0 radical (unpaired) electrons. The lowest BCUT2D eigenvalue weighted by atomic mass is 9.57. The van der Waals surface area contributed by atoms with Crippen LogP contribution in [0.4, 0.5) is 0 Å². The molecule has 1 nitrogen and oxygen atoms in total. The number of hydrogen-bond donors (Lipinski definition) is 0. The minimum Gasteiger partial charge on any atom is -0.294 e. The van der Waals surface area contributed by atoms with Gasteiger partial charge in [0.2, 0.25) is 0 Å².